The van der Waals surface area contributed by atoms with Gasteiger partial charge in [-0.15, -0.1) is 0 Å². The Hall–Kier alpha value is 0.310. The molecule has 18 heavy (non-hydrogen) atoms. The Kier molecular flexibility index (Phi) is 4.70. The van der Waals surface area contributed by atoms with E-state index >= 15 is 0 Å². The summed E-state index contributed by atoms with van der Waals surface area (Å²) < 4.78 is 0. The summed E-state index contributed by atoms with van der Waals surface area (Å²) in [7, 11) is 0. The van der Waals surface area contributed by atoms with E-state index in [1.54, 1.807) is 0 Å². The number of nitrogens with one attached hydrogen (secondary N) is 1. The molecule has 0 spiro atoms. The molecule has 0 aromatic heterocycles. The van der Waals surface area contributed by atoms with Gasteiger partial charge in [0.15, 0.2) is 0 Å². The Morgan fingerprint density at radius 2 is 1.94 bits per heavy atom. The monoisotopic (exact) mass is 269 g/mol. The Morgan fingerprint density at radius 1 is 1.17 bits per heavy atom. The molecule has 0 aromatic rings. The maximum absolute atomic E-state index is 3.88. The Balaban J connectivity index is 1.72. The average Bonchev–Trinajstić information content (AvgIpc) is 2.66. The molecule has 0 aromatic carbocycles. The Bertz CT molecular complexity index is 276. The van der Waals surface area contributed by atoms with Crippen LogP contribution in [0.15, 0.2) is 0 Å². The number of hydrogen-bond acceptors (Lipinski definition) is 2. The van der Waals surface area contributed by atoms with Crippen LogP contribution in [0.4, 0.5) is 0 Å². The fourth-order valence-corrected chi connectivity index (χ4v) is 4.83. The van der Waals surface area contributed by atoms with Crippen molar-refractivity contribution in [2.45, 2.75) is 65.3 Å². The summed E-state index contributed by atoms with van der Waals surface area (Å²) in [5.41, 5.74) is 1.11. The highest BCUT2D eigenvalue weighted by molar-refractivity contribution is 7.98. The molecule has 2 aliphatic rings. The highest BCUT2D eigenvalue weighted by Crippen LogP contribution is 2.65. The SMILES string of the molecule is CSCCCCCNC1CC2CCC1(C)C2(C)C. The van der Waals surface area contributed by atoms with Crippen molar-refractivity contribution in [2.24, 2.45) is 16.7 Å². The molecule has 0 aliphatic heterocycles. The number of rotatable bonds is 7. The summed E-state index contributed by atoms with van der Waals surface area (Å²) in [6.07, 6.45) is 10.7. The molecule has 3 unspecified atom stereocenters. The zero-order valence-electron chi connectivity index (χ0n) is 12.7. The van der Waals surface area contributed by atoms with E-state index in [0.717, 1.165) is 12.0 Å². The maximum Gasteiger partial charge on any atom is 0.0129 e. The normalized spacial score (nSPS) is 37.3. The quantitative estimate of drug-likeness (QED) is 0.691. The van der Waals surface area contributed by atoms with Gasteiger partial charge < -0.3 is 5.32 Å². The molecule has 2 bridgehead atoms. The third kappa shape index (κ3) is 2.47. The minimum absolute atomic E-state index is 0.553. The van der Waals surface area contributed by atoms with Crippen LogP contribution in [-0.2, 0) is 0 Å². The summed E-state index contributed by atoms with van der Waals surface area (Å²) in [5, 5.41) is 3.88. The van der Waals surface area contributed by atoms with Crippen molar-refractivity contribution >= 4 is 11.8 Å². The average molecular weight is 269 g/mol. The van der Waals surface area contributed by atoms with E-state index in [1.807, 2.05) is 11.8 Å². The molecule has 0 radical (unpaired) electrons. The third-order valence-electron chi connectivity index (χ3n) is 6.21. The first-order chi connectivity index (χ1) is 8.52. The van der Waals surface area contributed by atoms with E-state index in [1.165, 1.54) is 50.8 Å². The highest BCUT2D eigenvalue weighted by atomic mass is 32.2. The van der Waals surface area contributed by atoms with Gasteiger partial charge in [-0.1, -0.05) is 27.2 Å². The summed E-state index contributed by atoms with van der Waals surface area (Å²) in [6, 6.07) is 0.784. The Labute approximate surface area is 118 Å². The highest BCUT2D eigenvalue weighted by Gasteiger charge is 2.60. The summed E-state index contributed by atoms with van der Waals surface area (Å²) in [6.45, 7) is 8.78. The first-order valence-corrected chi connectivity index (χ1v) is 9.14. The minimum atomic E-state index is 0.553. The van der Waals surface area contributed by atoms with Crippen molar-refractivity contribution in [3.8, 4) is 0 Å². The van der Waals surface area contributed by atoms with E-state index < -0.39 is 0 Å². The van der Waals surface area contributed by atoms with Gasteiger partial charge in [-0.05, 0) is 67.4 Å². The lowest BCUT2D eigenvalue weighted by Gasteiger charge is -2.39. The lowest BCUT2D eigenvalue weighted by molar-refractivity contribution is 0.121. The molecule has 106 valence electrons. The van der Waals surface area contributed by atoms with Gasteiger partial charge in [-0.25, -0.2) is 0 Å². The standard InChI is InChI=1S/C16H31NS/c1-15(2)13-8-9-16(15,3)14(12-13)17-10-6-5-7-11-18-4/h13-14,17H,5-12H2,1-4H3. The molecule has 2 saturated carbocycles. The number of thioether (sulfide) groups is 1. The molecule has 0 heterocycles. The predicted molar refractivity (Wildman–Crippen MR) is 83.3 cm³/mol. The van der Waals surface area contributed by atoms with Gasteiger partial charge >= 0.3 is 0 Å². The number of unbranched alkanes of at least 4 members (excludes halogenated alkanes) is 2. The third-order valence-corrected chi connectivity index (χ3v) is 6.91. The molecule has 3 atom stereocenters. The zero-order valence-corrected chi connectivity index (χ0v) is 13.5. The van der Waals surface area contributed by atoms with Gasteiger partial charge in [0, 0.05) is 6.04 Å². The van der Waals surface area contributed by atoms with E-state index in [4.69, 9.17) is 0 Å². The predicted octanol–water partition coefficient (Wildman–Crippen LogP) is 4.32. The number of hydrogen-bond donors (Lipinski definition) is 1. The first-order valence-electron chi connectivity index (χ1n) is 7.74. The van der Waals surface area contributed by atoms with E-state index in [-0.39, 0.29) is 0 Å². The van der Waals surface area contributed by atoms with Crippen LogP contribution in [0.3, 0.4) is 0 Å². The Morgan fingerprint density at radius 3 is 2.50 bits per heavy atom. The zero-order chi connectivity index (χ0) is 13.2. The van der Waals surface area contributed by atoms with Crippen LogP contribution in [-0.4, -0.2) is 24.6 Å². The minimum Gasteiger partial charge on any atom is -0.313 e. The second-order valence-electron chi connectivity index (χ2n) is 7.17. The second-order valence-corrected chi connectivity index (χ2v) is 8.16. The molecule has 2 rings (SSSR count). The van der Waals surface area contributed by atoms with Crippen LogP contribution < -0.4 is 5.32 Å². The fourth-order valence-electron chi connectivity index (χ4n) is 4.34. The molecule has 1 N–H and O–H groups in total. The molecule has 0 saturated heterocycles. The molecule has 2 heteroatoms. The van der Waals surface area contributed by atoms with Crippen LogP contribution in [0.1, 0.15) is 59.3 Å². The van der Waals surface area contributed by atoms with Crippen LogP contribution in [0.2, 0.25) is 0 Å². The van der Waals surface area contributed by atoms with Gasteiger partial charge in [-0.2, -0.15) is 11.8 Å². The maximum atomic E-state index is 3.88. The summed E-state index contributed by atoms with van der Waals surface area (Å²) >= 11 is 1.97. The molecular weight excluding hydrogens is 238 g/mol. The van der Waals surface area contributed by atoms with Crippen molar-refractivity contribution in [2.75, 3.05) is 18.6 Å². The largest absolute Gasteiger partial charge is 0.313 e. The van der Waals surface area contributed by atoms with Gasteiger partial charge in [0.25, 0.3) is 0 Å². The van der Waals surface area contributed by atoms with E-state index in [9.17, 15) is 0 Å². The van der Waals surface area contributed by atoms with Crippen LogP contribution in [0, 0.1) is 16.7 Å². The smallest absolute Gasteiger partial charge is 0.0129 e. The number of fused-ring (bicyclic) bond motifs is 2. The second kappa shape index (κ2) is 5.75. The molecule has 1 nitrogen and oxygen atoms in total. The molecule has 2 fully saturated rings. The van der Waals surface area contributed by atoms with Gasteiger partial charge in [-0.3, -0.25) is 0 Å². The van der Waals surface area contributed by atoms with Crippen LogP contribution in [0.25, 0.3) is 0 Å². The van der Waals surface area contributed by atoms with Gasteiger partial charge in [0.05, 0.1) is 0 Å². The van der Waals surface area contributed by atoms with Crippen molar-refractivity contribution in [3.63, 3.8) is 0 Å². The van der Waals surface area contributed by atoms with Crippen molar-refractivity contribution in [3.05, 3.63) is 0 Å². The van der Waals surface area contributed by atoms with Crippen molar-refractivity contribution in [1.82, 2.24) is 5.32 Å². The van der Waals surface area contributed by atoms with Gasteiger partial charge in [0.2, 0.25) is 0 Å². The van der Waals surface area contributed by atoms with Crippen molar-refractivity contribution in [1.29, 1.82) is 0 Å². The van der Waals surface area contributed by atoms with Crippen LogP contribution in [0.5, 0.6) is 0 Å². The first kappa shape index (κ1) is 14.7. The molecule has 0 amide bonds. The molecular formula is C16H31NS. The van der Waals surface area contributed by atoms with Crippen LogP contribution >= 0.6 is 11.8 Å². The summed E-state index contributed by atoms with van der Waals surface area (Å²) in [4.78, 5) is 0. The lowest BCUT2D eigenvalue weighted by Crippen LogP contribution is -2.44. The van der Waals surface area contributed by atoms with E-state index in [2.05, 4.69) is 32.3 Å². The van der Waals surface area contributed by atoms with Gasteiger partial charge in [0.1, 0.15) is 0 Å². The van der Waals surface area contributed by atoms with E-state index in [0.29, 0.717) is 10.8 Å². The molecule has 2 aliphatic carbocycles. The topological polar surface area (TPSA) is 12.0 Å². The lowest BCUT2D eigenvalue weighted by atomic mass is 9.69. The fraction of sp³-hybridized carbons (Fsp3) is 1.00. The summed E-state index contributed by atoms with van der Waals surface area (Å²) in [5.74, 6) is 2.30. The van der Waals surface area contributed by atoms with Crippen molar-refractivity contribution < 1.29 is 0 Å².